The van der Waals surface area contributed by atoms with Gasteiger partial charge in [0.2, 0.25) is 0 Å². The molecule has 0 bridgehead atoms. The Balaban J connectivity index is 1.41. The lowest BCUT2D eigenvalue weighted by Crippen LogP contribution is -2.18. The minimum Gasteiger partial charge on any atom is -0.508 e. The van der Waals surface area contributed by atoms with E-state index in [-0.39, 0.29) is 11.3 Å². The normalized spacial score (nSPS) is 11.2. The highest BCUT2D eigenvalue weighted by atomic mass is 19.4. The van der Waals surface area contributed by atoms with E-state index in [0.29, 0.717) is 41.9 Å². The number of phenols is 1. The third kappa shape index (κ3) is 6.90. The minimum atomic E-state index is -4.86. The number of nitrogens with zero attached hydrogens (tertiary/aromatic N) is 1. The molecule has 4 aromatic rings. The van der Waals surface area contributed by atoms with Crippen molar-refractivity contribution >= 4 is 17.5 Å². The smallest absolute Gasteiger partial charge is 0.508 e. The molecule has 0 saturated heterocycles. The number of ether oxygens (including phenoxy) is 1. The van der Waals surface area contributed by atoms with Crippen LogP contribution in [0.4, 0.5) is 18.9 Å². The molecule has 3 aromatic carbocycles. The predicted molar refractivity (Wildman–Crippen MR) is 133 cm³/mol. The van der Waals surface area contributed by atoms with Crippen LogP contribution in [0.5, 0.6) is 11.5 Å². The van der Waals surface area contributed by atoms with Crippen molar-refractivity contribution in [3.8, 4) is 11.5 Å². The second-order valence-corrected chi connectivity index (χ2v) is 8.46. The van der Waals surface area contributed by atoms with E-state index in [9.17, 15) is 27.9 Å². The molecule has 196 valence electrons. The Kier molecular flexibility index (Phi) is 7.66. The first-order chi connectivity index (χ1) is 18.1. The number of anilines is 1. The van der Waals surface area contributed by atoms with Gasteiger partial charge in [-0.15, -0.1) is 13.2 Å². The Morgan fingerprint density at radius 1 is 0.974 bits per heavy atom. The molecule has 0 atom stereocenters. The fourth-order valence-corrected chi connectivity index (χ4v) is 3.89. The van der Waals surface area contributed by atoms with Gasteiger partial charge in [0.05, 0.1) is 17.0 Å². The Morgan fingerprint density at radius 2 is 1.66 bits per heavy atom. The molecule has 1 heterocycles. The molecule has 0 aliphatic carbocycles. The first-order valence-corrected chi connectivity index (χ1v) is 11.5. The number of carbonyl (C=O) groups excluding carboxylic acids is 2. The summed E-state index contributed by atoms with van der Waals surface area (Å²) in [5.74, 6) is -1.53. The number of nitrogens with one attached hydrogen (secondary N) is 2. The van der Waals surface area contributed by atoms with Gasteiger partial charge in [0.25, 0.3) is 11.8 Å². The van der Waals surface area contributed by atoms with Crippen molar-refractivity contribution in [2.24, 2.45) is 5.73 Å². The number of alkyl halides is 3. The lowest BCUT2D eigenvalue weighted by molar-refractivity contribution is -0.274. The molecule has 5 N–H and O–H groups in total. The third-order valence-electron chi connectivity index (χ3n) is 5.67. The van der Waals surface area contributed by atoms with Crippen molar-refractivity contribution in [3.05, 3.63) is 106 Å². The van der Waals surface area contributed by atoms with Crippen molar-refractivity contribution in [2.75, 3.05) is 5.32 Å². The number of benzene rings is 3. The Hall–Kier alpha value is -4.80. The van der Waals surface area contributed by atoms with Gasteiger partial charge >= 0.3 is 6.36 Å². The van der Waals surface area contributed by atoms with Crippen LogP contribution in [0.15, 0.2) is 72.8 Å². The number of primary amides is 1. The second kappa shape index (κ2) is 11.1. The van der Waals surface area contributed by atoms with E-state index in [1.807, 2.05) is 0 Å². The number of aryl methyl sites for hydroxylation is 2. The van der Waals surface area contributed by atoms with Crippen molar-refractivity contribution in [3.63, 3.8) is 0 Å². The molecule has 4 rings (SSSR count). The molecule has 0 aliphatic heterocycles. The van der Waals surface area contributed by atoms with Crippen LogP contribution in [-0.2, 0) is 19.3 Å². The topological polar surface area (TPSA) is 130 Å². The van der Waals surface area contributed by atoms with Crippen LogP contribution in [0.3, 0.4) is 0 Å². The van der Waals surface area contributed by atoms with E-state index in [1.54, 1.807) is 48.5 Å². The molecule has 11 heteroatoms. The molecule has 0 aliphatic rings. The Labute approximate surface area is 215 Å². The molecule has 1 aromatic heterocycles. The molecular formula is C27H23F3N4O4. The average Bonchev–Trinajstić information content (AvgIpc) is 3.26. The molecule has 0 saturated carbocycles. The average molecular weight is 524 g/mol. The molecular weight excluding hydrogens is 501 g/mol. The van der Waals surface area contributed by atoms with Gasteiger partial charge in [0.15, 0.2) is 0 Å². The molecule has 8 nitrogen and oxygen atoms in total. The van der Waals surface area contributed by atoms with E-state index in [1.165, 1.54) is 12.1 Å². The van der Waals surface area contributed by atoms with E-state index in [2.05, 4.69) is 20.3 Å². The summed E-state index contributed by atoms with van der Waals surface area (Å²) >= 11 is 0. The van der Waals surface area contributed by atoms with Crippen LogP contribution in [-0.4, -0.2) is 33.5 Å². The summed E-state index contributed by atoms with van der Waals surface area (Å²) in [6, 6.07) is 18.3. The van der Waals surface area contributed by atoms with Crippen molar-refractivity contribution in [1.82, 2.24) is 10.2 Å². The standard InChI is InChI=1S/C27H23F3N4O4/c28-27(29,30)38-21-3-1-2-18(15-21)26(37)32-19-9-4-17(5-10-19)14-23-24(25(31)36)22(33-34-23)13-8-16-6-11-20(35)12-7-16/h1-7,9-12,15,35H,8,13-14H2,(H2,31,36)(H,32,37)(H,33,34). The van der Waals surface area contributed by atoms with Gasteiger partial charge < -0.3 is 20.9 Å². The summed E-state index contributed by atoms with van der Waals surface area (Å²) < 4.78 is 41.2. The first kappa shape index (κ1) is 26.3. The highest BCUT2D eigenvalue weighted by molar-refractivity contribution is 6.04. The van der Waals surface area contributed by atoms with Crippen LogP contribution in [0.1, 0.15) is 43.2 Å². The molecule has 0 spiro atoms. The molecule has 0 unspecified atom stereocenters. The first-order valence-electron chi connectivity index (χ1n) is 11.5. The zero-order valence-corrected chi connectivity index (χ0v) is 19.9. The summed E-state index contributed by atoms with van der Waals surface area (Å²) in [6.07, 6.45) is -3.46. The van der Waals surface area contributed by atoms with Gasteiger partial charge in [0.1, 0.15) is 11.5 Å². The third-order valence-corrected chi connectivity index (χ3v) is 5.67. The second-order valence-electron chi connectivity index (χ2n) is 8.46. The number of H-pyrrole nitrogens is 1. The van der Waals surface area contributed by atoms with Crippen LogP contribution >= 0.6 is 0 Å². The number of amides is 2. The summed E-state index contributed by atoms with van der Waals surface area (Å²) in [7, 11) is 0. The predicted octanol–water partition coefficient (Wildman–Crippen LogP) is 4.74. The van der Waals surface area contributed by atoms with E-state index >= 15 is 0 Å². The summed E-state index contributed by atoms with van der Waals surface area (Å²) in [6.45, 7) is 0. The zero-order chi connectivity index (χ0) is 27.3. The zero-order valence-electron chi connectivity index (χ0n) is 19.9. The van der Waals surface area contributed by atoms with Gasteiger partial charge in [-0.25, -0.2) is 0 Å². The van der Waals surface area contributed by atoms with E-state index in [4.69, 9.17) is 5.73 Å². The van der Waals surface area contributed by atoms with Crippen molar-refractivity contribution < 1.29 is 32.6 Å². The number of aromatic nitrogens is 2. The van der Waals surface area contributed by atoms with Crippen LogP contribution < -0.4 is 15.8 Å². The number of rotatable bonds is 9. The van der Waals surface area contributed by atoms with Gasteiger partial charge in [0, 0.05) is 17.7 Å². The van der Waals surface area contributed by atoms with Crippen molar-refractivity contribution in [2.45, 2.75) is 25.6 Å². The SMILES string of the molecule is NC(=O)c1c(CCc2ccc(O)cc2)n[nH]c1Cc1ccc(NC(=O)c2cccc(OC(F)(F)F)c2)cc1. The number of carbonyl (C=O) groups is 2. The highest BCUT2D eigenvalue weighted by Gasteiger charge is 2.31. The number of halogens is 3. The lowest BCUT2D eigenvalue weighted by atomic mass is 10.0. The number of aromatic hydroxyl groups is 1. The van der Waals surface area contributed by atoms with Crippen molar-refractivity contribution in [1.29, 1.82) is 0 Å². The lowest BCUT2D eigenvalue weighted by Gasteiger charge is -2.10. The largest absolute Gasteiger partial charge is 0.573 e. The Morgan fingerprint density at radius 3 is 2.32 bits per heavy atom. The summed E-state index contributed by atoms with van der Waals surface area (Å²) in [5, 5.41) is 19.2. The highest BCUT2D eigenvalue weighted by Crippen LogP contribution is 2.24. The fraction of sp³-hybridized carbons (Fsp3) is 0.148. The van der Waals surface area contributed by atoms with Crippen LogP contribution in [0.25, 0.3) is 0 Å². The molecule has 0 fully saturated rings. The van der Waals surface area contributed by atoms with Gasteiger partial charge in [-0.2, -0.15) is 5.10 Å². The quantitative estimate of drug-likeness (QED) is 0.251. The number of aromatic amines is 1. The van der Waals surface area contributed by atoms with Crippen LogP contribution in [0.2, 0.25) is 0 Å². The van der Waals surface area contributed by atoms with Gasteiger partial charge in [-0.05, 0) is 66.4 Å². The van der Waals surface area contributed by atoms with E-state index in [0.717, 1.165) is 23.3 Å². The molecule has 0 radical (unpaired) electrons. The Bertz CT molecular complexity index is 1430. The summed E-state index contributed by atoms with van der Waals surface area (Å²) in [5.41, 5.74) is 9.25. The number of hydrogen-bond acceptors (Lipinski definition) is 5. The maximum Gasteiger partial charge on any atom is 0.573 e. The molecule has 38 heavy (non-hydrogen) atoms. The van der Waals surface area contributed by atoms with Gasteiger partial charge in [-0.1, -0.05) is 30.3 Å². The maximum absolute atomic E-state index is 12.5. The minimum absolute atomic E-state index is 0.000722. The monoisotopic (exact) mass is 524 g/mol. The number of phenolic OH excluding ortho intramolecular Hbond substituents is 1. The maximum atomic E-state index is 12.5. The summed E-state index contributed by atoms with van der Waals surface area (Å²) in [4.78, 5) is 24.7. The molecule has 2 amide bonds. The fourth-order valence-electron chi connectivity index (χ4n) is 3.89. The van der Waals surface area contributed by atoms with E-state index < -0.39 is 23.9 Å². The number of nitrogens with two attached hydrogens (primary N) is 1. The van der Waals surface area contributed by atoms with Gasteiger partial charge in [-0.3, -0.25) is 14.7 Å². The number of hydrogen-bond donors (Lipinski definition) is 4. The van der Waals surface area contributed by atoms with Crippen LogP contribution in [0, 0.1) is 0 Å².